The molecule has 72 heavy (non-hydrogen) atoms. The molecule has 4 heterocycles. The van der Waals surface area contributed by atoms with Gasteiger partial charge in [-0.2, -0.15) is 0 Å². The molecule has 1 aromatic heterocycles. The van der Waals surface area contributed by atoms with Gasteiger partial charge in [0.1, 0.15) is 17.5 Å². The van der Waals surface area contributed by atoms with Crippen LogP contribution >= 0.6 is 0 Å². The molecule has 0 unspecified atom stereocenters. The molecule has 374 valence electrons. The average molecular weight is 981 g/mol. The molecule has 0 aliphatic carbocycles. The lowest BCUT2D eigenvalue weighted by Gasteiger charge is -2.31. The number of aromatic nitrogens is 1. The van der Waals surface area contributed by atoms with Crippen molar-refractivity contribution in [1.29, 1.82) is 0 Å². The molecule has 5 aromatic rings. The van der Waals surface area contributed by atoms with Gasteiger partial charge in [0.15, 0.2) is 0 Å². The first-order chi connectivity index (χ1) is 34.6. The molecule has 3 aliphatic rings. The van der Waals surface area contributed by atoms with E-state index in [4.69, 9.17) is 4.74 Å². The molecular weight excluding hydrogens is 925 g/mol. The number of benzene rings is 4. The number of amides is 9. The number of piperazine rings is 1. The number of nitrogens with one attached hydrogen (secondary N) is 6. The lowest BCUT2D eigenvalue weighted by atomic mass is 10.0. The lowest BCUT2D eigenvalue weighted by Crippen LogP contribution is -2.51. The monoisotopic (exact) mass is 980 g/mol. The third-order valence-electron chi connectivity index (χ3n) is 12.6. The van der Waals surface area contributed by atoms with E-state index < -0.39 is 66.6 Å². The standard InChI is InChI=1S/C52H56N10O10/c1-31(2)25-40(58-46(65)29-53-44(63)9-6-19-62-47(66)16-17-48(62)67)50(69)54-30-45(64)55-34-12-10-32(11-13-34)49(68)56-35-14-15-39-33(26-35)27-41(57-39)51(70)61-20-18-37-36-7-4-5-8-38(36)43(28-42(37)61)72-52(71)60-23-21-59(3)22-24-60/h4-5,7-8,10-17,26-28,31,40,57H,6,9,18-25,29-30H2,1-3H3,(H,53,63)(H,54,69)(H,55,64)(H,56,68)(H,58,65)/t40-/m0/s1. The minimum absolute atomic E-state index is 0.00359. The predicted molar refractivity (Wildman–Crippen MR) is 268 cm³/mol. The SMILES string of the molecule is CC(C)C[C@H](NC(=O)CNC(=O)CCCN1C(=O)C=CC1=O)C(=O)NCC(=O)Nc1ccc(C(=O)Nc2ccc3[nH]c(C(=O)N4CCc5c4cc(OC(=O)N4CCN(C)CC4)c4ccccc54)cc3c2)cc1. The van der Waals surface area contributed by atoms with Crippen LogP contribution in [0.3, 0.4) is 0 Å². The van der Waals surface area contributed by atoms with Crippen molar-refractivity contribution in [3.05, 3.63) is 108 Å². The molecule has 1 fully saturated rings. The molecule has 0 radical (unpaired) electrons. The zero-order chi connectivity index (χ0) is 51.1. The second kappa shape index (κ2) is 22.1. The van der Waals surface area contributed by atoms with E-state index in [9.17, 15) is 43.2 Å². The Morgan fingerprint density at radius 2 is 1.43 bits per heavy atom. The highest BCUT2D eigenvalue weighted by atomic mass is 16.6. The number of nitrogens with zero attached hydrogens (tertiary/aromatic N) is 4. The Hall–Kier alpha value is -8.39. The largest absolute Gasteiger partial charge is 0.415 e. The zero-order valence-corrected chi connectivity index (χ0v) is 40.2. The van der Waals surface area contributed by atoms with Gasteiger partial charge in [-0.1, -0.05) is 38.1 Å². The van der Waals surface area contributed by atoms with Crippen LogP contribution in [0, 0.1) is 5.92 Å². The van der Waals surface area contributed by atoms with Gasteiger partial charge in [-0.05, 0) is 91.7 Å². The summed E-state index contributed by atoms with van der Waals surface area (Å²) in [5.41, 5.74) is 3.88. The number of likely N-dealkylation sites (N-methyl/N-ethyl adjacent to an activating group) is 1. The number of fused-ring (bicyclic) bond motifs is 4. The van der Waals surface area contributed by atoms with E-state index in [2.05, 4.69) is 36.5 Å². The Bertz CT molecular complexity index is 2980. The average Bonchev–Trinajstić information content (AvgIpc) is 4.08. The second-order valence-corrected chi connectivity index (χ2v) is 18.4. The molecule has 20 nitrogen and oxygen atoms in total. The molecule has 1 atom stereocenters. The maximum Gasteiger partial charge on any atom is 0.415 e. The summed E-state index contributed by atoms with van der Waals surface area (Å²) in [6.45, 7) is 6.06. The molecule has 6 N–H and O–H groups in total. The number of aromatic amines is 1. The van der Waals surface area contributed by atoms with Crippen LogP contribution in [0.2, 0.25) is 0 Å². The van der Waals surface area contributed by atoms with Crippen molar-refractivity contribution in [2.45, 2.75) is 45.6 Å². The van der Waals surface area contributed by atoms with Crippen molar-refractivity contribution >= 4 is 92.1 Å². The molecule has 0 spiro atoms. The van der Waals surface area contributed by atoms with E-state index in [1.165, 1.54) is 12.1 Å². The van der Waals surface area contributed by atoms with Gasteiger partial charge < -0.3 is 51.0 Å². The summed E-state index contributed by atoms with van der Waals surface area (Å²) in [4.78, 5) is 125. The summed E-state index contributed by atoms with van der Waals surface area (Å²) >= 11 is 0. The minimum atomic E-state index is -0.987. The normalized spacial score (nSPS) is 14.9. The number of rotatable bonds is 17. The summed E-state index contributed by atoms with van der Waals surface area (Å²) < 4.78 is 6.00. The van der Waals surface area contributed by atoms with Crippen molar-refractivity contribution in [2.24, 2.45) is 5.92 Å². The summed E-state index contributed by atoms with van der Waals surface area (Å²) in [6, 6.07) is 21.7. The van der Waals surface area contributed by atoms with Crippen LogP contribution in [0.15, 0.2) is 91.0 Å². The van der Waals surface area contributed by atoms with Gasteiger partial charge >= 0.3 is 6.09 Å². The first-order valence-corrected chi connectivity index (χ1v) is 23.8. The molecule has 20 heteroatoms. The molecule has 8 rings (SSSR count). The topological polar surface area (TPSA) is 252 Å². The summed E-state index contributed by atoms with van der Waals surface area (Å²) in [5.74, 6) is -3.40. The van der Waals surface area contributed by atoms with E-state index in [0.29, 0.717) is 71.0 Å². The van der Waals surface area contributed by atoms with Gasteiger partial charge in [-0.25, -0.2) is 4.79 Å². The summed E-state index contributed by atoms with van der Waals surface area (Å²) in [5, 5.41) is 15.6. The number of hydrogen-bond acceptors (Lipinski definition) is 11. The van der Waals surface area contributed by atoms with Gasteiger partial charge in [0.25, 0.3) is 23.6 Å². The number of carbonyl (C=O) groups is 9. The zero-order valence-electron chi connectivity index (χ0n) is 40.2. The number of hydrogen-bond donors (Lipinski definition) is 6. The molecule has 4 aromatic carbocycles. The van der Waals surface area contributed by atoms with Crippen LogP contribution in [-0.4, -0.2) is 138 Å². The van der Waals surface area contributed by atoms with Crippen LogP contribution in [0.1, 0.15) is 59.5 Å². The number of carbonyl (C=O) groups excluding carboxylic acids is 9. The van der Waals surface area contributed by atoms with Crippen molar-refractivity contribution in [2.75, 3.05) is 74.9 Å². The highest BCUT2D eigenvalue weighted by Crippen LogP contribution is 2.41. The minimum Gasteiger partial charge on any atom is -0.409 e. The molecule has 0 saturated carbocycles. The first-order valence-electron chi connectivity index (χ1n) is 23.8. The van der Waals surface area contributed by atoms with Crippen LogP contribution in [0.25, 0.3) is 21.7 Å². The Balaban J connectivity index is 0.814. The quantitative estimate of drug-likeness (QED) is 0.0729. The number of anilines is 3. The summed E-state index contributed by atoms with van der Waals surface area (Å²) in [6.07, 6.45) is 2.97. The Kier molecular flexibility index (Phi) is 15.4. The van der Waals surface area contributed by atoms with E-state index in [1.807, 2.05) is 45.2 Å². The van der Waals surface area contributed by atoms with Crippen molar-refractivity contribution in [3.63, 3.8) is 0 Å². The Morgan fingerprint density at radius 3 is 2.15 bits per heavy atom. The van der Waals surface area contributed by atoms with E-state index in [1.54, 1.807) is 52.3 Å². The maximum atomic E-state index is 14.2. The van der Waals surface area contributed by atoms with E-state index in [0.717, 1.165) is 46.5 Å². The van der Waals surface area contributed by atoms with Crippen LogP contribution in [0.4, 0.5) is 21.9 Å². The van der Waals surface area contributed by atoms with Crippen LogP contribution in [-0.2, 0) is 35.2 Å². The third kappa shape index (κ3) is 12.0. The van der Waals surface area contributed by atoms with E-state index in [-0.39, 0.29) is 37.6 Å². The van der Waals surface area contributed by atoms with Gasteiger partial charge in [-0.3, -0.25) is 43.3 Å². The molecule has 1 saturated heterocycles. The Morgan fingerprint density at radius 1 is 0.736 bits per heavy atom. The number of ether oxygens (including phenoxy) is 1. The maximum absolute atomic E-state index is 14.2. The van der Waals surface area contributed by atoms with Crippen molar-refractivity contribution in [1.82, 2.24) is 35.6 Å². The smallest absolute Gasteiger partial charge is 0.409 e. The van der Waals surface area contributed by atoms with Gasteiger partial charge in [0, 0.05) is 97.1 Å². The molecule has 9 amide bonds. The number of imide groups is 1. The third-order valence-corrected chi connectivity index (χ3v) is 12.6. The fourth-order valence-corrected chi connectivity index (χ4v) is 8.82. The number of H-pyrrole nitrogens is 1. The fraction of sp³-hybridized carbons (Fsp3) is 0.327. The highest BCUT2D eigenvalue weighted by molar-refractivity contribution is 6.13. The highest BCUT2D eigenvalue weighted by Gasteiger charge is 2.31. The van der Waals surface area contributed by atoms with Crippen LogP contribution in [0.5, 0.6) is 5.75 Å². The van der Waals surface area contributed by atoms with Gasteiger partial charge in [0.2, 0.25) is 23.6 Å². The molecule has 3 aliphatic heterocycles. The van der Waals surface area contributed by atoms with Gasteiger partial charge in [0.05, 0.1) is 18.8 Å². The molecule has 0 bridgehead atoms. The van der Waals surface area contributed by atoms with Crippen molar-refractivity contribution in [3.8, 4) is 5.75 Å². The molecular formula is C52H56N10O10. The van der Waals surface area contributed by atoms with Gasteiger partial charge in [-0.15, -0.1) is 0 Å². The lowest BCUT2D eigenvalue weighted by molar-refractivity contribution is -0.137. The summed E-state index contributed by atoms with van der Waals surface area (Å²) in [7, 11) is 2.02. The fourth-order valence-electron chi connectivity index (χ4n) is 8.82. The van der Waals surface area contributed by atoms with E-state index >= 15 is 0 Å². The first kappa shape index (κ1) is 50.0. The van der Waals surface area contributed by atoms with Crippen molar-refractivity contribution < 1.29 is 47.9 Å². The van der Waals surface area contributed by atoms with Crippen LogP contribution < -0.4 is 36.2 Å². The predicted octanol–water partition coefficient (Wildman–Crippen LogP) is 3.93. The Labute approximate surface area is 414 Å². The second-order valence-electron chi connectivity index (χ2n) is 18.4.